The zero-order valence-electron chi connectivity index (χ0n) is 16.8. The summed E-state index contributed by atoms with van der Waals surface area (Å²) in [6.45, 7) is 5.40. The van der Waals surface area contributed by atoms with Gasteiger partial charge in [-0.1, -0.05) is 6.07 Å². The maximum absolute atomic E-state index is 12.9. The van der Waals surface area contributed by atoms with Gasteiger partial charge in [-0.05, 0) is 25.8 Å². The van der Waals surface area contributed by atoms with Crippen LogP contribution in [0, 0.1) is 17.0 Å². The van der Waals surface area contributed by atoms with Gasteiger partial charge in [0.05, 0.1) is 9.82 Å². The van der Waals surface area contributed by atoms with E-state index in [9.17, 15) is 18.5 Å². The Bertz CT molecular complexity index is 1050. The normalized spacial score (nSPS) is 18.0. The van der Waals surface area contributed by atoms with Crippen molar-refractivity contribution in [3.8, 4) is 0 Å². The van der Waals surface area contributed by atoms with Crippen LogP contribution in [0.4, 0.5) is 17.3 Å². The molecule has 2 aromatic rings. The first kappa shape index (κ1) is 20.5. The van der Waals surface area contributed by atoms with Crippen LogP contribution < -0.4 is 9.80 Å². The minimum atomic E-state index is -3.79. The van der Waals surface area contributed by atoms with Gasteiger partial charge in [-0.15, -0.1) is 0 Å². The van der Waals surface area contributed by atoms with Crippen LogP contribution in [-0.2, 0) is 10.0 Å². The third kappa shape index (κ3) is 4.08. The Hall–Kier alpha value is -2.79. The lowest BCUT2D eigenvalue weighted by Crippen LogP contribution is -2.49. The summed E-state index contributed by atoms with van der Waals surface area (Å²) in [5.41, 5.74) is -0.236. The van der Waals surface area contributed by atoms with Crippen LogP contribution >= 0.6 is 0 Å². The predicted octanol–water partition coefficient (Wildman–Crippen LogP) is 1.80. The van der Waals surface area contributed by atoms with E-state index in [4.69, 9.17) is 0 Å². The second-order valence-electron chi connectivity index (χ2n) is 7.47. The zero-order chi connectivity index (χ0) is 21.3. The molecule has 1 aromatic carbocycles. The second kappa shape index (κ2) is 8.15. The lowest BCUT2D eigenvalue weighted by Gasteiger charge is -2.35. The summed E-state index contributed by atoms with van der Waals surface area (Å²) in [7, 11) is -3.79. The summed E-state index contributed by atoms with van der Waals surface area (Å²) in [6, 6.07) is 7.16. The van der Waals surface area contributed by atoms with E-state index < -0.39 is 14.9 Å². The molecule has 0 spiro atoms. The molecule has 2 aliphatic heterocycles. The molecule has 0 atom stereocenters. The Kier molecular flexibility index (Phi) is 5.56. The molecule has 1 aromatic heterocycles. The number of nitrogens with zero attached hydrogens (tertiary/aromatic N) is 6. The first-order chi connectivity index (χ1) is 14.3. The van der Waals surface area contributed by atoms with Gasteiger partial charge >= 0.3 is 0 Å². The molecule has 0 unspecified atom stereocenters. The third-order valence-corrected chi connectivity index (χ3v) is 7.36. The molecule has 0 N–H and O–H groups in total. The highest BCUT2D eigenvalue weighted by atomic mass is 32.2. The maximum Gasteiger partial charge on any atom is 0.270 e. The predicted molar refractivity (Wildman–Crippen MR) is 112 cm³/mol. The van der Waals surface area contributed by atoms with E-state index in [1.54, 1.807) is 0 Å². The van der Waals surface area contributed by atoms with Crippen molar-refractivity contribution in [2.24, 2.45) is 0 Å². The molecule has 30 heavy (non-hydrogen) atoms. The number of hydrogen-bond acceptors (Lipinski definition) is 8. The van der Waals surface area contributed by atoms with Gasteiger partial charge in [-0.25, -0.2) is 18.4 Å². The molecular formula is C19H24N6O4S. The summed E-state index contributed by atoms with van der Waals surface area (Å²) in [6.07, 6.45) is 2.32. The molecule has 0 radical (unpaired) electrons. The van der Waals surface area contributed by atoms with Crippen molar-refractivity contribution >= 4 is 27.3 Å². The van der Waals surface area contributed by atoms with E-state index in [1.165, 1.54) is 22.5 Å². The number of anilines is 2. The molecule has 2 aliphatic rings. The van der Waals surface area contributed by atoms with E-state index >= 15 is 0 Å². The number of nitro groups is 1. The van der Waals surface area contributed by atoms with Crippen LogP contribution in [0.2, 0.25) is 0 Å². The minimum Gasteiger partial charge on any atom is -0.356 e. The number of aromatic nitrogens is 2. The van der Waals surface area contributed by atoms with Gasteiger partial charge in [0.1, 0.15) is 17.5 Å². The second-order valence-corrected chi connectivity index (χ2v) is 9.41. The number of non-ortho nitro benzene ring substituents is 1. The van der Waals surface area contributed by atoms with Crippen molar-refractivity contribution in [2.75, 3.05) is 49.1 Å². The summed E-state index contributed by atoms with van der Waals surface area (Å²) in [5.74, 6) is 2.42. The fourth-order valence-corrected chi connectivity index (χ4v) is 5.33. The van der Waals surface area contributed by atoms with Gasteiger partial charge in [0, 0.05) is 57.5 Å². The van der Waals surface area contributed by atoms with Crippen LogP contribution in [0.3, 0.4) is 0 Å². The monoisotopic (exact) mass is 432 g/mol. The Morgan fingerprint density at radius 1 is 0.933 bits per heavy atom. The van der Waals surface area contributed by atoms with E-state index in [0.717, 1.165) is 43.6 Å². The molecule has 0 amide bonds. The first-order valence-corrected chi connectivity index (χ1v) is 11.4. The Balaban J connectivity index is 1.49. The molecule has 0 aliphatic carbocycles. The number of sulfonamides is 1. The summed E-state index contributed by atoms with van der Waals surface area (Å²) in [4.78, 5) is 23.8. The fourth-order valence-electron chi connectivity index (χ4n) is 3.87. The van der Waals surface area contributed by atoms with E-state index in [-0.39, 0.29) is 23.7 Å². The number of benzene rings is 1. The average Bonchev–Trinajstić information content (AvgIpc) is 3.28. The van der Waals surface area contributed by atoms with Crippen LogP contribution in [-0.4, -0.2) is 66.9 Å². The van der Waals surface area contributed by atoms with Crippen molar-refractivity contribution in [1.29, 1.82) is 0 Å². The molecule has 11 heteroatoms. The van der Waals surface area contributed by atoms with E-state index in [2.05, 4.69) is 19.8 Å². The highest BCUT2D eigenvalue weighted by molar-refractivity contribution is 7.89. The lowest BCUT2D eigenvalue weighted by atomic mass is 10.3. The maximum atomic E-state index is 12.9. The number of piperazine rings is 1. The quantitative estimate of drug-likeness (QED) is 0.519. The largest absolute Gasteiger partial charge is 0.356 e. The number of rotatable bonds is 5. The first-order valence-electron chi connectivity index (χ1n) is 9.95. The average molecular weight is 433 g/mol. The highest BCUT2D eigenvalue weighted by Crippen LogP contribution is 2.26. The van der Waals surface area contributed by atoms with Crippen molar-refractivity contribution in [1.82, 2.24) is 14.3 Å². The van der Waals surface area contributed by atoms with Crippen molar-refractivity contribution in [2.45, 2.75) is 24.7 Å². The molecule has 160 valence electrons. The van der Waals surface area contributed by atoms with Gasteiger partial charge in [0.2, 0.25) is 10.0 Å². The topological polar surface area (TPSA) is 113 Å². The highest BCUT2D eigenvalue weighted by Gasteiger charge is 2.30. The molecule has 3 heterocycles. The van der Waals surface area contributed by atoms with Gasteiger partial charge in [0.15, 0.2) is 0 Å². The smallest absolute Gasteiger partial charge is 0.270 e. The van der Waals surface area contributed by atoms with Gasteiger partial charge < -0.3 is 9.80 Å². The SMILES string of the molecule is Cc1nc(N2CCCC2)cc(N2CCN(S(=O)(=O)c3cccc([N+](=O)[O-])c3)CC2)n1. The summed E-state index contributed by atoms with van der Waals surface area (Å²) in [5, 5.41) is 11.0. The van der Waals surface area contributed by atoms with E-state index in [0.29, 0.717) is 18.9 Å². The van der Waals surface area contributed by atoms with Crippen LogP contribution in [0.5, 0.6) is 0 Å². The Labute approximate surface area is 175 Å². The standard InChI is InChI=1S/C19H24N6O4S/c1-15-20-18(22-7-2-3-8-22)14-19(21-15)23-9-11-24(12-10-23)30(28,29)17-6-4-5-16(13-17)25(26)27/h4-6,13-14H,2-3,7-12H2,1H3. The van der Waals surface area contributed by atoms with Crippen molar-refractivity contribution < 1.29 is 13.3 Å². The number of nitro benzene ring substituents is 1. The Morgan fingerprint density at radius 2 is 1.53 bits per heavy atom. The third-order valence-electron chi connectivity index (χ3n) is 5.47. The van der Waals surface area contributed by atoms with E-state index in [1.807, 2.05) is 13.0 Å². The Morgan fingerprint density at radius 3 is 2.13 bits per heavy atom. The molecule has 2 saturated heterocycles. The number of hydrogen-bond donors (Lipinski definition) is 0. The molecule has 4 rings (SSSR count). The fraction of sp³-hybridized carbons (Fsp3) is 0.474. The van der Waals surface area contributed by atoms with Gasteiger partial charge in [-0.2, -0.15) is 4.31 Å². The molecule has 0 bridgehead atoms. The summed E-state index contributed by atoms with van der Waals surface area (Å²) >= 11 is 0. The van der Waals surface area contributed by atoms with Crippen molar-refractivity contribution in [3.63, 3.8) is 0 Å². The molecule has 2 fully saturated rings. The molecule has 0 saturated carbocycles. The molecule has 10 nitrogen and oxygen atoms in total. The van der Waals surface area contributed by atoms with Gasteiger partial charge in [0.25, 0.3) is 5.69 Å². The molecular weight excluding hydrogens is 408 g/mol. The van der Waals surface area contributed by atoms with Crippen molar-refractivity contribution in [3.05, 3.63) is 46.3 Å². The van der Waals surface area contributed by atoms with Crippen LogP contribution in [0.25, 0.3) is 0 Å². The van der Waals surface area contributed by atoms with Crippen LogP contribution in [0.1, 0.15) is 18.7 Å². The van der Waals surface area contributed by atoms with Crippen LogP contribution in [0.15, 0.2) is 35.2 Å². The zero-order valence-corrected chi connectivity index (χ0v) is 17.6. The summed E-state index contributed by atoms with van der Waals surface area (Å²) < 4.78 is 27.3. The number of aryl methyl sites for hydroxylation is 1. The minimum absolute atomic E-state index is 0.0562. The lowest BCUT2D eigenvalue weighted by molar-refractivity contribution is -0.385. The van der Waals surface area contributed by atoms with Gasteiger partial charge in [-0.3, -0.25) is 10.1 Å².